The van der Waals surface area contributed by atoms with E-state index < -0.39 is 11.7 Å². The molecule has 25 heavy (non-hydrogen) atoms. The van der Waals surface area contributed by atoms with Gasteiger partial charge >= 0.3 is 12.2 Å². The topological polar surface area (TPSA) is 78.9 Å². The fourth-order valence-electron chi connectivity index (χ4n) is 4.01. The van der Waals surface area contributed by atoms with Gasteiger partial charge in [-0.1, -0.05) is 12.1 Å². The lowest BCUT2D eigenvalue weighted by Gasteiger charge is -2.38. The van der Waals surface area contributed by atoms with E-state index in [9.17, 15) is 14.0 Å². The number of cyclic esters (lactones) is 1. The predicted octanol–water partition coefficient (Wildman–Crippen LogP) is 3.68. The lowest BCUT2D eigenvalue weighted by molar-refractivity contribution is 0.0663. The molecule has 1 aliphatic heterocycles. The maximum Gasteiger partial charge on any atom is 0.411 e. The van der Waals surface area contributed by atoms with Crippen LogP contribution in [0.5, 0.6) is 0 Å². The van der Waals surface area contributed by atoms with E-state index >= 15 is 0 Å². The van der Waals surface area contributed by atoms with Crippen molar-refractivity contribution < 1.29 is 23.8 Å². The van der Waals surface area contributed by atoms with Crippen molar-refractivity contribution in [2.24, 2.45) is 0 Å². The molecule has 1 heterocycles. The molecule has 0 aromatic heterocycles. The Morgan fingerprint density at radius 3 is 2.40 bits per heavy atom. The minimum absolute atomic E-state index is 0.0174. The van der Waals surface area contributed by atoms with Crippen molar-refractivity contribution >= 4 is 12.2 Å². The quantitative estimate of drug-likeness (QED) is 0.872. The first-order valence-electron chi connectivity index (χ1n) is 8.54. The molecule has 6 nitrogen and oxygen atoms in total. The number of hydrogen-bond donors (Lipinski definition) is 2. The molecule has 1 atom stereocenters. The van der Waals surface area contributed by atoms with Crippen LogP contribution in [0.3, 0.4) is 0 Å². The summed E-state index contributed by atoms with van der Waals surface area (Å²) in [6, 6.07) is 5.76. The van der Waals surface area contributed by atoms with Crippen molar-refractivity contribution in [3.8, 4) is 0 Å². The number of halogens is 1. The summed E-state index contributed by atoms with van der Waals surface area (Å²) in [6.07, 6.45) is 1.37. The second-order valence-corrected chi connectivity index (χ2v) is 7.29. The van der Waals surface area contributed by atoms with Crippen molar-refractivity contribution in [3.63, 3.8) is 0 Å². The number of carbonyl (C=O) groups excluding carboxylic acids is 1. The number of carboxylic acid groups (broad SMARTS) is 1. The highest BCUT2D eigenvalue weighted by molar-refractivity contribution is 5.72. The van der Waals surface area contributed by atoms with Gasteiger partial charge in [0.15, 0.2) is 0 Å². The standard InChI is InChI=1S/C18H23FN2O4/c1-18(2)15(11-3-5-12(19)6-4-11)21(17(24)25-18)14-9-7-13(8-10-14)20-16(22)23/h3-6,13-15,20H,7-10H2,1-2H3,(H,22,23). The van der Waals surface area contributed by atoms with Crippen LogP contribution in [0, 0.1) is 5.82 Å². The fourth-order valence-corrected chi connectivity index (χ4v) is 4.01. The normalized spacial score (nSPS) is 28.5. The largest absolute Gasteiger partial charge is 0.465 e. The van der Waals surface area contributed by atoms with Crippen LogP contribution in [-0.4, -0.2) is 39.9 Å². The van der Waals surface area contributed by atoms with Crippen LogP contribution in [0.2, 0.25) is 0 Å². The first-order valence-corrected chi connectivity index (χ1v) is 8.54. The van der Waals surface area contributed by atoms with Gasteiger partial charge in [0.05, 0.1) is 6.04 Å². The average Bonchev–Trinajstić information content (AvgIpc) is 2.77. The summed E-state index contributed by atoms with van der Waals surface area (Å²) in [4.78, 5) is 25.1. The highest BCUT2D eigenvalue weighted by atomic mass is 19.1. The Morgan fingerprint density at radius 2 is 1.84 bits per heavy atom. The summed E-state index contributed by atoms with van der Waals surface area (Å²) in [5, 5.41) is 11.4. The zero-order chi connectivity index (χ0) is 18.2. The van der Waals surface area contributed by atoms with E-state index in [0.717, 1.165) is 5.56 Å². The predicted molar refractivity (Wildman–Crippen MR) is 88.7 cm³/mol. The summed E-state index contributed by atoms with van der Waals surface area (Å²) in [7, 11) is 0. The number of nitrogens with zero attached hydrogens (tertiary/aromatic N) is 1. The first kappa shape index (κ1) is 17.5. The molecule has 2 aliphatic rings. The molecule has 3 rings (SSSR count). The lowest BCUT2D eigenvalue weighted by Crippen LogP contribution is -2.46. The molecule has 1 aromatic carbocycles. The van der Waals surface area contributed by atoms with Gasteiger partial charge in [-0.15, -0.1) is 0 Å². The van der Waals surface area contributed by atoms with E-state index in [1.807, 2.05) is 13.8 Å². The van der Waals surface area contributed by atoms with E-state index in [1.54, 1.807) is 17.0 Å². The number of hydrogen-bond acceptors (Lipinski definition) is 3. The summed E-state index contributed by atoms with van der Waals surface area (Å²) < 4.78 is 18.9. The van der Waals surface area contributed by atoms with E-state index in [0.29, 0.717) is 25.7 Å². The molecule has 0 bridgehead atoms. The van der Waals surface area contributed by atoms with Crippen molar-refractivity contribution in [1.82, 2.24) is 10.2 Å². The monoisotopic (exact) mass is 350 g/mol. The summed E-state index contributed by atoms with van der Waals surface area (Å²) in [5.41, 5.74) is 0.119. The summed E-state index contributed by atoms with van der Waals surface area (Å²) >= 11 is 0. The second kappa shape index (κ2) is 6.54. The van der Waals surface area contributed by atoms with Gasteiger partial charge in [-0.25, -0.2) is 14.0 Å². The molecule has 0 radical (unpaired) electrons. The van der Waals surface area contributed by atoms with Crippen LogP contribution in [0.4, 0.5) is 14.0 Å². The molecule has 7 heteroatoms. The molecule has 0 spiro atoms. The zero-order valence-corrected chi connectivity index (χ0v) is 14.4. The molecule has 1 aromatic rings. The lowest BCUT2D eigenvalue weighted by atomic mass is 9.86. The SMILES string of the molecule is CC1(C)OC(=O)N(C2CCC(NC(=O)O)CC2)C1c1ccc(F)cc1. The van der Waals surface area contributed by atoms with E-state index in [4.69, 9.17) is 9.84 Å². The van der Waals surface area contributed by atoms with Gasteiger partial charge in [0.2, 0.25) is 0 Å². The number of ether oxygens (including phenoxy) is 1. The molecule has 2 amide bonds. The third kappa shape index (κ3) is 3.55. The third-order valence-corrected chi connectivity index (χ3v) is 5.10. The van der Waals surface area contributed by atoms with Gasteiger partial charge < -0.3 is 15.2 Å². The van der Waals surface area contributed by atoms with Crippen molar-refractivity contribution in [1.29, 1.82) is 0 Å². The highest BCUT2D eigenvalue weighted by Gasteiger charge is 2.51. The molecule has 2 N–H and O–H groups in total. The Balaban J connectivity index is 1.80. The van der Waals surface area contributed by atoms with Crippen molar-refractivity contribution in [3.05, 3.63) is 35.6 Å². The number of benzene rings is 1. The molecule has 136 valence electrons. The Hall–Kier alpha value is -2.31. The van der Waals surface area contributed by atoms with Gasteiger partial charge in [0.1, 0.15) is 11.4 Å². The first-order chi connectivity index (χ1) is 11.8. The molecular weight excluding hydrogens is 327 g/mol. The smallest absolute Gasteiger partial charge is 0.411 e. The van der Waals surface area contributed by atoms with Crippen LogP contribution in [0.15, 0.2) is 24.3 Å². The Bertz CT molecular complexity index is 654. The van der Waals surface area contributed by atoms with E-state index in [1.165, 1.54) is 12.1 Å². The van der Waals surface area contributed by atoms with Crippen LogP contribution in [0.1, 0.15) is 51.1 Å². The Kier molecular flexibility index (Phi) is 4.58. The fraction of sp³-hybridized carbons (Fsp3) is 0.556. The second-order valence-electron chi connectivity index (χ2n) is 7.29. The Morgan fingerprint density at radius 1 is 1.24 bits per heavy atom. The number of carbonyl (C=O) groups is 2. The number of amides is 2. The van der Waals surface area contributed by atoms with Crippen molar-refractivity contribution in [2.45, 2.75) is 63.3 Å². The molecule has 1 unspecified atom stereocenters. The molecule has 1 saturated heterocycles. The average molecular weight is 350 g/mol. The molecule has 2 fully saturated rings. The zero-order valence-electron chi connectivity index (χ0n) is 14.4. The maximum absolute atomic E-state index is 13.3. The van der Waals surface area contributed by atoms with Gasteiger partial charge in [-0.3, -0.25) is 4.90 Å². The van der Waals surface area contributed by atoms with Crippen LogP contribution < -0.4 is 5.32 Å². The van der Waals surface area contributed by atoms with Crippen LogP contribution in [0.25, 0.3) is 0 Å². The van der Waals surface area contributed by atoms with E-state index in [-0.39, 0.29) is 30.0 Å². The van der Waals surface area contributed by atoms with Crippen LogP contribution >= 0.6 is 0 Å². The van der Waals surface area contributed by atoms with Gasteiger partial charge in [-0.2, -0.15) is 0 Å². The minimum atomic E-state index is -1.02. The molecular formula is C18H23FN2O4. The van der Waals surface area contributed by atoms with Gasteiger partial charge in [-0.05, 0) is 57.2 Å². The van der Waals surface area contributed by atoms with Crippen molar-refractivity contribution in [2.75, 3.05) is 0 Å². The highest BCUT2D eigenvalue weighted by Crippen LogP contribution is 2.44. The third-order valence-electron chi connectivity index (χ3n) is 5.10. The van der Waals surface area contributed by atoms with E-state index in [2.05, 4.69) is 5.32 Å². The molecule has 1 saturated carbocycles. The Labute approximate surface area is 146 Å². The number of rotatable bonds is 3. The maximum atomic E-state index is 13.3. The summed E-state index contributed by atoms with van der Waals surface area (Å²) in [6.45, 7) is 3.72. The van der Waals surface area contributed by atoms with Crippen LogP contribution in [-0.2, 0) is 4.74 Å². The van der Waals surface area contributed by atoms with Gasteiger partial charge in [0, 0.05) is 12.1 Å². The number of nitrogens with one attached hydrogen (secondary N) is 1. The van der Waals surface area contributed by atoms with Gasteiger partial charge in [0.25, 0.3) is 0 Å². The minimum Gasteiger partial charge on any atom is -0.465 e. The molecule has 1 aliphatic carbocycles. The summed E-state index contributed by atoms with van der Waals surface area (Å²) in [5.74, 6) is -0.321.